The second-order valence-electron chi connectivity index (χ2n) is 9.62. The molecule has 4 heteroatoms. The maximum Gasteiger partial charge on any atom is 0.124 e. The Hall–Kier alpha value is -1.74. The van der Waals surface area contributed by atoms with E-state index in [9.17, 15) is 0 Å². The molecule has 0 spiro atoms. The summed E-state index contributed by atoms with van der Waals surface area (Å²) < 4.78 is 6.25. The third-order valence-corrected chi connectivity index (χ3v) is 5.42. The molecule has 0 fully saturated rings. The Labute approximate surface area is 192 Å². The van der Waals surface area contributed by atoms with Crippen LogP contribution in [0.3, 0.4) is 0 Å². The van der Waals surface area contributed by atoms with Crippen LogP contribution >= 0.6 is 24.0 Å². The quantitative estimate of drug-likeness (QED) is 0.400. The Balaban J connectivity index is 0.00000320. The number of nitrogens with one attached hydrogen (secondary N) is 1. The fourth-order valence-corrected chi connectivity index (χ4v) is 4.31. The van der Waals surface area contributed by atoms with Gasteiger partial charge in [-0.1, -0.05) is 80.9 Å². The van der Waals surface area contributed by atoms with Crippen LogP contribution in [0.2, 0.25) is 5.02 Å². The van der Waals surface area contributed by atoms with Crippen molar-refractivity contribution in [3.63, 3.8) is 0 Å². The first-order chi connectivity index (χ1) is 13.6. The van der Waals surface area contributed by atoms with Gasteiger partial charge >= 0.3 is 0 Å². The topological polar surface area (TPSA) is 21.3 Å². The second-order valence-corrected chi connectivity index (χ2v) is 10.0. The van der Waals surface area contributed by atoms with Gasteiger partial charge in [0.1, 0.15) is 12.4 Å². The molecule has 0 radical (unpaired) electrons. The van der Waals surface area contributed by atoms with Crippen LogP contribution < -0.4 is 10.1 Å². The van der Waals surface area contributed by atoms with E-state index in [2.05, 4.69) is 76.3 Å². The lowest BCUT2D eigenvalue weighted by Gasteiger charge is -2.34. The first-order valence-corrected chi connectivity index (χ1v) is 10.6. The molecule has 162 valence electrons. The Morgan fingerprint density at radius 3 is 2.23 bits per heavy atom. The van der Waals surface area contributed by atoms with Crippen LogP contribution in [0.25, 0.3) is 10.8 Å². The molecule has 0 heterocycles. The smallest absolute Gasteiger partial charge is 0.124 e. The molecule has 3 aromatic carbocycles. The van der Waals surface area contributed by atoms with Crippen LogP contribution in [-0.2, 0) is 13.2 Å². The minimum atomic E-state index is 0. The monoisotopic (exact) mass is 445 g/mol. The van der Waals surface area contributed by atoms with Crippen molar-refractivity contribution in [1.29, 1.82) is 0 Å². The number of ether oxygens (including phenoxy) is 1. The van der Waals surface area contributed by atoms with Crippen LogP contribution in [0.15, 0.2) is 60.7 Å². The minimum absolute atomic E-state index is 0. The number of hydrogen-bond acceptors (Lipinski definition) is 2. The van der Waals surface area contributed by atoms with Gasteiger partial charge in [0.2, 0.25) is 0 Å². The lowest BCUT2D eigenvalue weighted by molar-refractivity contribution is 0.239. The van der Waals surface area contributed by atoms with E-state index in [-0.39, 0.29) is 23.4 Å². The van der Waals surface area contributed by atoms with Crippen LogP contribution in [-0.4, -0.2) is 5.54 Å². The zero-order valence-corrected chi connectivity index (χ0v) is 20.2. The van der Waals surface area contributed by atoms with E-state index >= 15 is 0 Å². The summed E-state index contributed by atoms with van der Waals surface area (Å²) in [4.78, 5) is 0. The van der Waals surface area contributed by atoms with E-state index in [1.54, 1.807) is 0 Å². The number of rotatable bonds is 7. The summed E-state index contributed by atoms with van der Waals surface area (Å²) in [6, 6.07) is 20.5. The van der Waals surface area contributed by atoms with Gasteiger partial charge in [-0.3, -0.25) is 0 Å². The molecule has 0 bridgehead atoms. The number of benzene rings is 3. The molecule has 3 aromatic rings. The summed E-state index contributed by atoms with van der Waals surface area (Å²) in [6.45, 7) is 12.6. The van der Waals surface area contributed by atoms with E-state index in [0.29, 0.717) is 6.61 Å². The van der Waals surface area contributed by atoms with Crippen molar-refractivity contribution in [1.82, 2.24) is 5.32 Å². The van der Waals surface area contributed by atoms with Crippen molar-refractivity contribution in [2.45, 2.75) is 59.7 Å². The highest BCUT2D eigenvalue weighted by Gasteiger charge is 2.25. The number of halogens is 2. The SMILES string of the molecule is CC(C)(C)CC(C)(C)NCc1c(OCc2ccccc2Cl)ccc2ccccc12.Cl. The summed E-state index contributed by atoms with van der Waals surface area (Å²) in [5.41, 5.74) is 2.47. The number of fused-ring (bicyclic) bond motifs is 1. The van der Waals surface area contributed by atoms with Gasteiger partial charge in [-0.15, -0.1) is 12.4 Å². The molecule has 0 atom stereocenters. The largest absolute Gasteiger partial charge is 0.488 e. The van der Waals surface area contributed by atoms with Crippen LogP contribution in [0.5, 0.6) is 5.75 Å². The molecule has 0 amide bonds. The van der Waals surface area contributed by atoms with Gasteiger partial charge in [0.15, 0.2) is 0 Å². The first kappa shape index (κ1) is 24.5. The third kappa shape index (κ3) is 6.63. The third-order valence-electron chi connectivity index (χ3n) is 5.05. The summed E-state index contributed by atoms with van der Waals surface area (Å²) >= 11 is 6.32. The second kappa shape index (κ2) is 10.0. The fourth-order valence-electron chi connectivity index (χ4n) is 4.12. The van der Waals surface area contributed by atoms with Gasteiger partial charge in [0.05, 0.1) is 0 Å². The van der Waals surface area contributed by atoms with Gasteiger partial charge in [0.25, 0.3) is 0 Å². The Kier molecular flexibility index (Phi) is 8.21. The molecule has 0 aliphatic rings. The average Bonchev–Trinajstić information content (AvgIpc) is 2.64. The van der Waals surface area contributed by atoms with Crippen LogP contribution in [0.1, 0.15) is 52.2 Å². The summed E-state index contributed by atoms with van der Waals surface area (Å²) in [5.74, 6) is 0.905. The zero-order valence-electron chi connectivity index (χ0n) is 18.6. The minimum Gasteiger partial charge on any atom is -0.488 e. The van der Waals surface area contributed by atoms with Crippen molar-refractivity contribution in [2.24, 2.45) is 5.41 Å². The van der Waals surface area contributed by atoms with Crippen molar-refractivity contribution in [2.75, 3.05) is 0 Å². The van der Waals surface area contributed by atoms with Crippen molar-refractivity contribution >= 4 is 34.8 Å². The highest BCUT2D eigenvalue weighted by atomic mass is 35.5. The molecular weight excluding hydrogens is 413 g/mol. The molecule has 0 unspecified atom stereocenters. The molecular formula is C26H33Cl2NO. The van der Waals surface area contributed by atoms with Gasteiger partial charge < -0.3 is 10.1 Å². The lowest BCUT2D eigenvalue weighted by Crippen LogP contribution is -2.41. The Morgan fingerprint density at radius 2 is 1.53 bits per heavy atom. The Morgan fingerprint density at radius 1 is 0.867 bits per heavy atom. The van der Waals surface area contributed by atoms with Gasteiger partial charge in [-0.05, 0) is 48.6 Å². The first-order valence-electron chi connectivity index (χ1n) is 10.3. The molecule has 1 N–H and O–H groups in total. The Bertz CT molecular complexity index is 976. The predicted molar refractivity (Wildman–Crippen MR) is 132 cm³/mol. The lowest BCUT2D eigenvalue weighted by atomic mass is 9.81. The van der Waals surface area contributed by atoms with Gasteiger partial charge in [0, 0.05) is 28.2 Å². The molecule has 2 nitrogen and oxygen atoms in total. The van der Waals surface area contributed by atoms with Crippen molar-refractivity contribution in [3.05, 3.63) is 76.8 Å². The van der Waals surface area contributed by atoms with Crippen molar-refractivity contribution in [3.8, 4) is 5.75 Å². The fraction of sp³-hybridized carbons (Fsp3) is 0.385. The molecule has 30 heavy (non-hydrogen) atoms. The summed E-state index contributed by atoms with van der Waals surface area (Å²) in [6.07, 6.45) is 1.08. The van der Waals surface area contributed by atoms with E-state index in [1.807, 2.05) is 24.3 Å². The van der Waals surface area contributed by atoms with E-state index < -0.39 is 0 Å². The normalized spacial score (nSPS) is 11.9. The molecule has 3 rings (SSSR count). The summed E-state index contributed by atoms with van der Waals surface area (Å²) in [7, 11) is 0. The molecule has 0 aliphatic carbocycles. The molecule has 0 saturated heterocycles. The van der Waals surface area contributed by atoms with Gasteiger partial charge in [-0.25, -0.2) is 0 Å². The molecule has 0 aromatic heterocycles. The maximum atomic E-state index is 6.32. The van der Waals surface area contributed by atoms with Crippen LogP contribution in [0, 0.1) is 5.41 Å². The standard InChI is InChI=1S/C26H32ClNO.ClH/c1-25(2,3)18-26(4,5)28-16-22-21-12-8-6-10-19(21)14-15-24(22)29-17-20-11-7-9-13-23(20)27;/h6-15,28H,16-18H2,1-5H3;1H. The zero-order chi connectivity index (χ0) is 21.1. The van der Waals surface area contributed by atoms with Gasteiger partial charge in [-0.2, -0.15) is 0 Å². The predicted octanol–water partition coefficient (Wildman–Crippen LogP) is 7.80. The summed E-state index contributed by atoms with van der Waals surface area (Å²) in [5, 5.41) is 6.95. The average molecular weight is 446 g/mol. The van der Waals surface area contributed by atoms with Crippen molar-refractivity contribution < 1.29 is 4.74 Å². The van der Waals surface area contributed by atoms with Crippen LogP contribution in [0.4, 0.5) is 0 Å². The highest BCUT2D eigenvalue weighted by Crippen LogP contribution is 2.32. The van der Waals surface area contributed by atoms with E-state index in [0.717, 1.165) is 29.3 Å². The molecule has 0 aliphatic heterocycles. The van der Waals surface area contributed by atoms with E-state index in [4.69, 9.17) is 16.3 Å². The van der Waals surface area contributed by atoms with E-state index in [1.165, 1.54) is 16.3 Å². The highest BCUT2D eigenvalue weighted by molar-refractivity contribution is 6.31. The maximum absolute atomic E-state index is 6.32. The molecule has 0 saturated carbocycles. The number of hydrogen-bond donors (Lipinski definition) is 1.